The molecule has 122 valence electrons. The SMILES string of the molecule is c1ccc(O[SiH2]OC(C2CCCCC2)C2CCCCC2)cc1. The van der Waals surface area contributed by atoms with Crippen LogP contribution < -0.4 is 4.43 Å². The standard InChI is InChI=1S/C19H30O2Si/c1-4-10-16(11-5-1)19(17-12-6-2-7-13-17)21-22-20-18-14-8-3-9-15-18/h3,8-9,14-17,19H,1-2,4-7,10-13,22H2. The molecule has 0 atom stereocenters. The van der Waals surface area contributed by atoms with Crippen molar-refractivity contribution in [3.05, 3.63) is 30.3 Å². The summed E-state index contributed by atoms with van der Waals surface area (Å²) in [7, 11) is -0.924. The maximum atomic E-state index is 6.44. The molecule has 1 aromatic rings. The Hall–Kier alpha value is -0.803. The number of para-hydroxylation sites is 1. The lowest BCUT2D eigenvalue weighted by Crippen LogP contribution is -2.36. The molecule has 0 saturated heterocycles. The van der Waals surface area contributed by atoms with Crippen LogP contribution in [0.15, 0.2) is 30.3 Å². The molecule has 1 aromatic carbocycles. The van der Waals surface area contributed by atoms with Crippen molar-refractivity contribution in [3.63, 3.8) is 0 Å². The van der Waals surface area contributed by atoms with Crippen molar-refractivity contribution in [1.29, 1.82) is 0 Å². The van der Waals surface area contributed by atoms with Crippen LogP contribution in [-0.4, -0.2) is 16.1 Å². The molecule has 3 heteroatoms. The highest BCUT2D eigenvalue weighted by atomic mass is 28.3. The normalized spacial score (nSPS) is 21.7. The van der Waals surface area contributed by atoms with Crippen LogP contribution in [0.4, 0.5) is 0 Å². The Labute approximate surface area is 137 Å². The maximum Gasteiger partial charge on any atom is 0.366 e. The Kier molecular flexibility index (Phi) is 6.38. The van der Waals surface area contributed by atoms with Gasteiger partial charge in [-0.1, -0.05) is 56.7 Å². The van der Waals surface area contributed by atoms with Crippen LogP contribution >= 0.6 is 0 Å². The third kappa shape index (κ3) is 4.59. The van der Waals surface area contributed by atoms with Gasteiger partial charge in [0.15, 0.2) is 0 Å². The van der Waals surface area contributed by atoms with E-state index in [0.29, 0.717) is 6.10 Å². The van der Waals surface area contributed by atoms with Crippen molar-refractivity contribution in [2.75, 3.05) is 0 Å². The molecule has 0 heterocycles. The van der Waals surface area contributed by atoms with Gasteiger partial charge in [-0.15, -0.1) is 0 Å². The minimum Gasteiger partial charge on any atom is -0.525 e. The minimum absolute atomic E-state index is 0.482. The summed E-state index contributed by atoms with van der Waals surface area (Å²) in [6.07, 6.45) is 14.4. The van der Waals surface area contributed by atoms with Crippen LogP contribution in [0.25, 0.3) is 0 Å². The van der Waals surface area contributed by atoms with Gasteiger partial charge < -0.3 is 8.85 Å². The summed E-state index contributed by atoms with van der Waals surface area (Å²) in [6.45, 7) is 0. The van der Waals surface area contributed by atoms with Crippen molar-refractivity contribution >= 4 is 10.0 Å². The fourth-order valence-corrected chi connectivity index (χ4v) is 5.38. The van der Waals surface area contributed by atoms with Crippen LogP contribution in [0, 0.1) is 11.8 Å². The van der Waals surface area contributed by atoms with Gasteiger partial charge in [0.1, 0.15) is 5.75 Å². The molecule has 2 aliphatic carbocycles. The molecule has 3 rings (SSSR count). The Morgan fingerprint density at radius 1 is 0.773 bits per heavy atom. The van der Waals surface area contributed by atoms with Gasteiger partial charge in [0.05, 0.1) is 6.10 Å². The zero-order valence-electron chi connectivity index (χ0n) is 13.7. The van der Waals surface area contributed by atoms with Gasteiger partial charge >= 0.3 is 10.0 Å². The molecule has 2 saturated carbocycles. The van der Waals surface area contributed by atoms with E-state index in [-0.39, 0.29) is 0 Å². The van der Waals surface area contributed by atoms with Gasteiger partial charge in [0.2, 0.25) is 0 Å². The van der Waals surface area contributed by atoms with Crippen molar-refractivity contribution in [2.24, 2.45) is 11.8 Å². The van der Waals surface area contributed by atoms with E-state index in [1.807, 2.05) is 30.3 Å². The highest BCUT2D eigenvalue weighted by Crippen LogP contribution is 2.37. The Morgan fingerprint density at radius 3 is 1.86 bits per heavy atom. The van der Waals surface area contributed by atoms with E-state index in [4.69, 9.17) is 8.85 Å². The monoisotopic (exact) mass is 318 g/mol. The first kappa shape index (κ1) is 16.1. The third-order valence-electron chi connectivity index (χ3n) is 5.46. The molecule has 0 amide bonds. The Morgan fingerprint density at radius 2 is 1.32 bits per heavy atom. The van der Waals surface area contributed by atoms with Crippen LogP contribution in [-0.2, 0) is 4.43 Å². The van der Waals surface area contributed by atoms with Crippen molar-refractivity contribution < 1.29 is 8.85 Å². The Balaban J connectivity index is 1.55. The maximum absolute atomic E-state index is 6.44. The molecule has 2 nitrogen and oxygen atoms in total. The second-order valence-corrected chi connectivity index (χ2v) is 7.86. The average molecular weight is 319 g/mol. The lowest BCUT2D eigenvalue weighted by Gasteiger charge is -2.37. The first-order valence-corrected chi connectivity index (χ1v) is 10.4. The number of benzene rings is 1. The van der Waals surface area contributed by atoms with E-state index >= 15 is 0 Å². The van der Waals surface area contributed by atoms with Crippen LogP contribution in [0.1, 0.15) is 64.2 Å². The lowest BCUT2D eigenvalue weighted by atomic mass is 9.75. The number of hydrogen-bond donors (Lipinski definition) is 0. The van der Waals surface area contributed by atoms with Crippen molar-refractivity contribution in [1.82, 2.24) is 0 Å². The summed E-state index contributed by atoms with van der Waals surface area (Å²) in [5.74, 6) is 2.56. The van der Waals surface area contributed by atoms with Gasteiger partial charge in [0.25, 0.3) is 0 Å². The van der Waals surface area contributed by atoms with E-state index in [1.165, 1.54) is 64.2 Å². The molecule has 0 unspecified atom stereocenters. The van der Waals surface area contributed by atoms with Crippen LogP contribution in [0.2, 0.25) is 0 Å². The number of rotatable bonds is 6. The van der Waals surface area contributed by atoms with E-state index < -0.39 is 10.0 Å². The summed E-state index contributed by atoms with van der Waals surface area (Å²) in [6, 6.07) is 10.2. The fraction of sp³-hybridized carbons (Fsp3) is 0.684. The zero-order valence-corrected chi connectivity index (χ0v) is 15.1. The second-order valence-electron chi connectivity index (χ2n) is 7.00. The minimum atomic E-state index is -0.924. The van der Waals surface area contributed by atoms with Gasteiger partial charge in [-0.3, -0.25) is 0 Å². The van der Waals surface area contributed by atoms with Gasteiger partial charge in [-0.05, 0) is 49.7 Å². The van der Waals surface area contributed by atoms with Crippen LogP contribution in [0.5, 0.6) is 5.75 Å². The Bertz CT molecular complexity index is 393. The molecular formula is C19H30O2Si. The highest BCUT2D eigenvalue weighted by molar-refractivity contribution is 6.19. The molecule has 22 heavy (non-hydrogen) atoms. The van der Waals surface area contributed by atoms with E-state index in [0.717, 1.165) is 17.6 Å². The summed E-state index contributed by atoms with van der Waals surface area (Å²) < 4.78 is 12.4. The van der Waals surface area contributed by atoms with E-state index in [2.05, 4.69) is 0 Å². The molecule has 0 aromatic heterocycles. The van der Waals surface area contributed by atoms with E-state index in [9.17, 15) is 0 Å². The zero-order chi connectivity index (χ0) is 15.0. The predicted molar refractivity (Wildman–Crippen MR) is 93.6 cm³/mol. The first-order chi connectivity index (χ1) is 10.9. The molecule has 0 aliphatic heterocycles. The lowest BCUT2D eigenvalue weighted by molar-refractivity contribution is 0.0324. The predicted octanol–water partition coefficient (Wildman–Crippen LogP) is 4.61. The van der Waals surface area contributed by atoms with E-state index in [1.54, 1.807) is 0 Å². The van der Waals surface area contributed by atoms with Gasteiger partial charge in [-0.2, -0.15) is 0 Å². The first-order valence-electron chi connectivity index (χ1n) is 9.23. The number of hydrogen-bond acceptors (Lipinski definition) is 2. The van der Waals surface area contributed by atoms with Gasteiger partial charge in [0, 0.05) is 0 Å². The summed E-state index contributed by atoms with van der Waals surface area (Å²) in [5.41, 5.74) is 0. The molecule has 0 spiro atoms. The second kappa shape index (κ2) is 8.73. The molecule has 0 bridgehead atoms. The third-order valence-corrected chi connectivity index (χ3v) is 6.43. The fourth-order valence-electron chi connectivity index (χ4n) is 4.28. The molecule has 0 N–H and O–H groups in total. The van der Waals surface area contributed by atoms with Crippen LogP contribution in [0.3, 0.4) is 0 Å². The molecule has 2 aliphatic rings. The highest BCUT2D eigenvalue weighted by Gasteiger charge is 2.32. The average Bonchev–Trinajstić information content (AvgIpc) is 2.61. The smallest absolute Gasteiger partial charge is 0.366 e. The topological polar surface area (TPSA) is 18.5 Å². The quantitative estimate of drug-likeness (QED) is 0.713. The molecule has 0 radical (unpaired) electrons. The summed E-state index contributed by atoms with van der Waals surface area (Å²) >= 11 is 0. The molecule has 2 fully saturated rings. The molecular weight excluding hydrogens is 288 g/mol. The van der Waals surface area contributed by atoms with Gasteiger partial charge in [-0.25, -0.2) is 0 Å². The summed E-state index contributed by atoms with van der Waals surface area (Å²) in [4.78, 5) is 0. The van der Waals surface area contributed by atoms with Crippen molar-refractivity contribution in [3.8, 4) is 5.75 Å². The largest absolute Gasteiger partial charge is 0.525 e. The summed E-state index contributed by atoms with van der Waals surface area (Å²) in [5, 5.41) is 0. The van der Waals surface area contributed by atoms with Crippen molar-refractivity contribution in [2.45, 2.75) is 70.3 Å².